The topological polar surface area (TPSA) is 81.4 Å². The lowest BCUT2D eigenvalue weighted by Crippen LogP contribution is -2.36. The van der Waals surface area contributed by atoms with Gasteiger partial charge in [-0.2, -0.15) is 0 Å². The number of halogens is 1. The number of hydrogen-bond acceptors (Lipinski definition) is 4. The van der Waals surface area contributed by atoms with Crippen LogP contribution in [0.4, 0.5) is 5.69 Å². The number of unbranched alkanes of at least 4 members (excludes halogenated alkanes) is 1. The van der Waals surface area contributed by atoms with E-state index in [9.17, 15) is 9.59 Å². The average molecular weight is 299 g/mol. The summed E-state index contributed by atoms with van der Waals surface area (Å²) < 4.78 is 5.07. The number of anilines is 1. The van der Waals surface area contributed by atoms with Crippen LogP contribution in [-0.4, -0.2) is 24.5 Å². The van der Waals surface area contributed by atoms with Crippen LogP contribution in [0.25, 0.3) is 0 Å². The number of hydrogen-bond donors (Lipinski definition) is 2. The molecule has 0 bridgehead atoms. The Morgan fingerprint density at radius 1 is 1.45 bits per heavy atom. The quantitative estimate of drug-likeness (QED) is 0.480. The number of carbonyl (C=O) groups excluding carboxylic acids is 2. The molecule has 0 aliphatic rings. The fraction of sp³-hybridized carbons (Fsp3) is 0.429. The van der Waals surface area contributed by atoms with Crippen molar-refractivity contribution in [3.8, 4) is 0 Å². The fourth-order valence-corrected chi connectivity index (χ4v) is 1.70. The number of benzene rings is 1. The molecule has 1 aromatic carbocycles. The summed E-state index contributed by atoms with van der Waals surface area (Å²) in [5.74, 6) is -0.993. The molecule has 0 spiro atoms. The first kappa shape index (κ1) is 16.3. The first-order valence-electron chi connectivity index (χ1n) is 6.49. The number of ether oxygens (including phenoxy) is 1. The van der Waals surface area contributed by atoms with Crippen LogP contribution in [0, 0.1) is 0 Å². The van der Waals surface area contributed by atoms with E-state index in [4.69, 9.17) is 22.1 Å². The molecule has 110 valence electrons. The summed E-state index contributed by atoms with van der Waals surface area (Å²) in [6.07, 6.45) is 0.984. The maximum atomic E-state index is 11.9. The van der Waals surface area contributed by atoms with Crippen LogP contribution in [0.5, 0.6) is 0 Å². The van der Waals surface area contributed by atoms with Crippen LogP contribution in [-0.2, 0) is 9.53 Å². The Bertz CT molecular complexity index is 491. The zero-order valence-corrected chi connectivity index (χ0v) is 12.4. The van der Waals surface area contributed by atoms with Gasteiger partial charge in [0.05, 0.1) is 10.6 Å². The third-order valence-electron chi connectivity index (χ3n) is 2.69. The molecule has 1 atom stereocenters. The third kappa shape index (κ3) is 4.74. The molecule has 0 radical (unpaired) electrons. The number of nitrogens with two attached hydrogens (primary N) is 1. The lowest BCUT2D eigenvalue weighted by atomic mass is 10.2. The maximum Gasteiger partial charge on any atom is 0.340 e. The fourth-order valence-electron chi connectivity index (χ4n) is 1.51. The van der Waals surface area contributed by atoms with Crippen molar-refractivity contribution in [2.75, 3.05) is 12.3 Å². The molecule has 6 heteroatoms. The van der Waals surface area contributed by atoms with Gasteiger partial charge in [0.2, 0.25) is 0 Å². The minimum absolute atomic E-state index is 0.153. The summed E-state index contributed by atoms with van der Waals surface area (Å²) in [6.45, 7) is 4.10. The van der Waals surface area contributed by atoms with Crippen molar-refractivity contribution >= 4 is 29.2 Å². The smallest absolute Gasteiger partial charge is 0.340 e. The van der Waals surface area contributed by atoms with Gasteiger partial charge in [-0.15, -0.1) is 0 Å². The molecule has 1 aromatic rings. The average Bonchev–Trinajstić information content (AvgIpc) is 2.41. The lowest BCUT2D eigenvalue weighted by Gasteiger charge is -2.14. The van der Waals surface area contributed by atoms with Crippen molar-refractivity contribution in [1.29, 1.82) is 0 Å². The van der Waals surface area contributed by atoms with E-state index in [1.807, 2.05) is 6.92 Å². The second kappa shape index (κ2) is 7.75. The predicted octanol–water partition coefficient (Wildman–Crippen LogP) is 2.38. The molecule has 1 amide bonds. The first-order valence-corrected chi connectivity index (χ1v) is 6.87. The summed E-state index contributed by atoms with van der Waals surface area (Å²) in [5, 5.41) is 2.93. The second-order valence-electron chi connectivity index (χ2n) is 4.43. The highest BCUT2D eigenvalue weighted by Gasteiger charge is 2.20. The second-order valence-corrected chi connectivity index (χ2v) is 4.84. The van der Waals surface area contributed by atoms with Crippen molar-refractivity contribution in [2.24, 2.45) is 0 Å². The number of rotatable bonds is 6. The third-order valence-corrected chi connectivity index (χ3v) is 3.02. The molecule has 1 rings (SSSR count). The number of esters is 1. The van der Waals surface area contributed by atoms with E-state index >= 15 is 0 Å². The maximum absolute atomic E-state index is 11.9. The van der Waals surface area contributed by atoms with Gasteiger partial charge in [-0.05, 0) is 31.5 Å². The largest absolute Gasteiger partial charge is 0.449 e. The molecular weight excluding hydrogens is 280 g/mol. The van der Waals surface area contributed by atoms with Gasteiger partial charge in [-0.1, -0.05) is 24.9 Å². The van der Waals surface area contributed by atoms with Crippen molar-refractivity contribution < 1.29 is 14.3 Å². The Morgan fingerprint density at radius 3 is 2.80 bits per heavy atom. The van der Waals surface area contributed by atoms with Gasteiger partial charge in [0.25, 0.3) is 5.91 Å². The molecule has 0 saturated heterocycles. The summed E-state index contributed by atoms with van der Waals surface area (Å²) in [7, 11) is 0. The van der Waals surface area contributed by atoms with Gasteiger partial charge in [0.1, 0.15) is 0 Å². The zero-order valence-electron chi connectivity index (χ0n) is 11.6. The standard InChI is InChI=1S/C14H19ClN2O3/c1-3-4-7-17-13(18)9(2)20-14(19)11-8-10(16)5-6-12(11)15/h5-6,8-9H,3-4,7,16H2,1-2H3,(H,17,18). The zero-order chi connectivity index (χ0) is 15.1. The highest BCUT2D eigenvalue weighted by molar-refractivity contribution is 6.33. The summed E-state index contributed by atoms with van der Waals surface area (Å²) in [6, 6.07) is 4.52. The number of nitrogen functional groups attached to an aromatic ring is 1. The van der Waals surface area contributed by atoms with Crippen LogP contribution in [0.15, 0.2) is 18.2 Å². The number of amides is 1. The molecule has 3 N–H and O–H groups in total. The summed E-state index contributed by atoms with van der Waals surface area (Å²) in [4.78, 5) is 23.6. The van der Waals surface area contributed by atoms with E-state index in [-0.39, 0.29) is 16.5 Å². The molecule has 1 unspecified atom stereocenters. The van der Waals surface area contributed by atoms with Crippen LogP contribution in [0.3, 0.4) is 0 Å². The van der Waals surface area contributed by atoms with Gasteiger partial charge in [0.15, 0.2) is 6.10 Å². The van der Waals surface area contributed by atoms with E-state index in [2.05, 4.69) is 5.32 Å². The highest BCUT2D eigenvalue weighted by atomic mass is 35.5. The Kier molecular flexibility index (Phi) is 6.31. The Balaban J connectivity index is 2.61. The van der Waals surface area contributed by atoms with Gasteiger partial charge in [-0.3, -0.25) is 4.79 Å². The molecule has 0 aromatic heterocycles. The normalized spacial score (nSPS) is 11.8. The van der Waals surface area contributed by atoms with Crippen LogP contribution < -0.4 is 11.1 Å². The number of nitrogens with one attached hydrogen (secondary N) is 1. The number of carbonyl (C=O) groups is 2. The first-order chi connectivity index (χ1) is 9.45. The van der Waals surface area contributed by atoms with Gasteiger partial charge < -0.3 is 15.8 Å². The van der Waals surface area contributed by atoms with Gasteiger partial charge in [-0.25, -0.2) is 4.79 Å². The monoisotopic (exact) mass is 298 g/mol. The van der Waals surface area contributed by atoms with Crippen molar-refractivity contribution in [3.63, 3.8) is 0 Å². The predicted molar refractivity (Wildman–Crippen MR) is 78.7 cm³/mol. The Labute approximate surface area is 123 Å². The van der Waals surface area contributed by atoms with Crippen LogP contribution >= 0.6 is 11.6 Å². The van der Waals surface area contributed by atoms with E-state index < -0.39 is 12.1 Å². The van der Waals surface area contributed by atoms with Crippen molar-refractivity contribution in [3.05, 3.63) is 28.8 Å². The highest BCUT2D eigenvalue weighted by Crippen LogP contribution is 2.20. The Hall–Kier alpha value is -1.75. The summed E-state index contributed by atoms with van der Waals surface area (Å²) >= 11 is 5.90. The van der Waals surface area contributed by atoms with Gasteiger partial charge in [0, 0.05) is 12.2 Å². The molecule has 0 saturated carbocycles. The molecule has 0 aliphatic carbocycles. The SMILES string of the molecule is CCCCNC(=O)C(C)OC(=O)c1cc(N)ccc1Cl. The summed E-state index contributed by atoms with van der Waals surface area (Å²) in [5.41, 5.74) is 6.15. The minimum Gasteiger partial charge on any atom is -0.449 e. The lowest BCUT2D eigenvalue weighted by molar-refractivity contribution is -0.129. The Morgan fingerprint density at radius 2 is 2.15 bits per heavy atom. The minimum atomic E-state index is -0.878. The molecule has 5 nitrogen and oxygen atoms in total. The van der Waals surface area contributed by atoms with E-state index in [1.165, 1.54) is 19.1 Å². The van der Waals surface area contributed by atoms with E-state index in [0.29, 0.717) is 12.2 Å². The molecular formula is C14H19ClN2O3. The van der Waals surface area contributed by atoms with Crippen molar-refractivity contribution in [2.45, 2.75) is 32.8 Å². The van der Waals surface area contributed by atoms with Crippen LogP contribution in [0.1, 0.15) is 37.0 Å². The van der Waals surface area contributed by atoms with Crippen molar-refractivity contribution in [1.82, 2.24) is 5.32 Å². The molecule has 0 aliphatic heterocycles. The van der Waals surface area contributed by atoms with Crippen LogP contribution in [0.2, 0.25) is 5.02 Å². The molecule has 20 heavy (non-hydrogen) atoms. The van der Waals surface area contributed by atoms with E-state index in [0.717, 1.165) is 12.8 Å². The van der Waals surface area contributed by atoms with E-state index in [1.54, 1.807) is 6.07 Å². The van der Waals surface area contributed by atoms with Gasteiger partial charge >= 0.3 is 5.97 Å². The molecule has 0 heterocycles. The molecule has 0 fully saturated rings.